The van der Waals surface area contributed by atoms with Crippen LogP contribution in [0.25, 0.3) is 6.08 Å². The number of aromatic nitrogens is 1. The molecule has 2 aromatic carbocycles. The summed E-state index contributed by atoms with van der Waals surface area (Å²) in [6, 6.07) is 10.3. The van der Waals surface area contributed by atoms with Crippen LogP contribution in [-0.4, -0.2) is 28.4 Å². The van der Waals surface area contributed by atoms with Crippen LogP contribution in [0.2, 0.25) is 0 Å². The maximum Gasteiger partial charge on any atom is 0.338 e. The van der Waals surface area contributed by atoms with Crippen molar-refractivity contribution >= 4 is 68.6 Å². The lowest BCUT2D eigenvalue weighted by Gasteiger charge is -2.26. The molecule has 7 nitrogen and oxygen atoms in total. The van der Waals surface area contributed by atoms with Gasteiger partial charge in [0.2, 0.25) is 0 Å². The fraction of sp³-hybridized carbons (Fsp3) is 0.269. The van der Waals surface area contributed by atoms with Crippen molar-refractivity contribution in [3.05, 3.63) is 85.6 Å². The molecule has 0 spiro atoms. The van der Waals surface area contributed by atoms with Crippen LogP contribution < -0.4 is 19.6 Å². The predicted octanol–water partition coefficient (Wildman–Crippen LogP) is 4.50. The fourth-order valence-corrected chi connectivity index (χ4v) is 6.84. The smallest absolute Gasteiger partial charge is 0.338 e. The summed E-state index contributed by atoms with van der Waals surface area (Å²) >= 11 is 5.38. The van der Waals surface area contributed by atoms with E-state index in [0.29, 0.717) is 39.1 Å². The number of halogens is 2. The minimum absolute atomic E-state index is 0.0995. The standard InChI is InChI=1S/C26H24I2N2O5S/c1-5-34-25(33)21-14(4)29-26-30(22(21)16-8-6-7-9-19(16)35-13(2)3)24(32)20(36-26)12-15-10-17(27)23(31)18(28)11-15/h6-13,22,31H,5H2,1-4H3/b20-12+/t22-/m0/s1. The van der Waals surface area contributed by atoms with Crippen LogP contribution in [0.4, 0.5) is 0 Å². The molecule has 1 atom stereocenters. The molecule has 0 radical (unpaired) electrons. The van der Waals surface area contributed by atoms with Crippen LogP contribution in [-0.2, 0) is 9.53 Å². The van der Waals surface area contributed by atoms with E-state index in [4.69, 9.17) is 9.47 Å². The number of hydrogen-bond acceptors (Lipinski definition) is 7. The van der Waals surface area contributed by atoms with Crippen molar-refractivity contribution in [1.82, 2.24) is 4.57 Å². The van der Waals surface area contributed by atoms with Gasteiger partial charge in [0.15, 0.2) is 4.80 Å². The quantitative estimate of drug-likeness (QED) is 0.298. The molecule has 0 saturated carbocycles. The Bertz CT molecular complexity index is 1530. The van der Waals surface area contributed by atoms with E-state index >= 15 is 0 Å². The number of nitrogens with zero attached hydrogens (tertiary/aromatic N) is 2. The highest BCUT2D eigenvalue weighted by molar-refractivity contribution is 14.1. The van der Waals surface area contributed by atoms with E-state index < -0.39 is 12.0 Å². The van der Waals surface area contributed by atoms with Crippen molar-refractivity contribution in [2.24, 2.45) is 4.99 Å². The molecular weight excluding hydrogens is 706 g/mol. The first-order valence-corrected chi connectivity index (χ1v) is 14.2. The minimum Gasteiger partial charge on any atom is -0.506 e. The molecule has 1 aromatic heterocycles. The van der Waals surface area contributed by atoms with E-state index in [1.165, 1.54) is 11.3 Å². The Morgan fingerprint density at radius 1 is 1.25 bits per heavy atom. The largest absolute Gasteiger partial charge is 0.506 e. The molecular formula is C26H24I2N2O5S. The molecule has 0 saturated heterocycles. The molecule has 1 aliphatic rings. The second kappa shape index (κ2) is 11.1. The molecule has 0 fully saturated rings. The molecule has 36 heavy (non-hydrogen) atoms. The minimum atomic E-state index is -0.752. The number of rotatable bonds is 6. The predicted molar refractivity (Wildman–Crippen MR) is 156 cm³/mol. The topological polar surface area (TPSA) is 90.1 Å². The van der Waals surface area contributed by atoms with Crippen LogP contribution in [0.3, 0.4) is 0 Å². The van der Waals surface area contributed by atoms with Crippen LogP contribution >= 0.6 is 56.5 Å². The second-order valence-electron chi connectivity index (χ2n) is 8.34. The summed E-state index contributed by atoms with van der Waals surface area (Å²) in [6.07, 6.45) is 1.68. The highest BCUT2D eigenvalue weighted by Crippen LogP contribution is 2.36. The number of fused-ring (bicyclic) bond motifs is 1. The summed E-state index contributed by atoms with van der Waals surface area (Å²) in [5.74, 6) is 0.289. The van der Waals surface area contributed by atoms with Crippen molar-refractivity contribution in [3.8, 4) is 11.5 Å². The molecule has 1 N–H and O–H groups in total. The van der Waals surface area contributed by atoms with E-state index in [0.717, 1.165) is 5.56 Å². The molecule has 0 unspecified atom stereocenters. The van der Waals surface area contributed by atoms with Gasteiger partial charge in [0.05, 0.1) is 35.7 Å². The van der Waals surface area contributed by atoms with Gasteiger partial charge in [-0.1, -0.05) is 29.5 Å². The van der Waals surface area contributed by atoms with E-state index in [2.05, 4.69) is 50.2 Å². The lowest BCUT2D eigenvalue weighted by molar-refractivity contribution is -0.139. The molecule has 4 rings (SSSR count). The molecule has 3 aromatic rings. The van der Waals surface area contributed by atoms with Gasteiger partial charge in [-0.2, -0.15) is 0 Å². The molecule has 0 bridgehead atoms. The van der Waals surface area contributed by atoms with Crippen molar-refractivity contribution in [2.45, 2.75) is 39.8 Å². The highest BCUT2D eigenvalue weighted by Gasteiger charge is 2.35. The number of ether oxygens (including phenoxy) is 2. The first-order valence-electron chi connectivity index (χ1n) is 11.3. The van der Waals surface area contributed by atoms with Gasteiger partial charge in [-0.25, -0.2) is 9.79 Å². The number of benzene rings is 2. The zero-order valence-corrected chi connectivity index (χ0v) is 25.2. The number of carbonyl (C=O) groups is 1. The Kier molecular flexibility index (Phi) is 8.25. The maximum absolute atomic E-state index is 13.8. The van der Waals surface area contributed by atoms with Gasteiger partial charge in [0.1, 0.15) is 17.5 Å². The van der Waals surface area contributed by atoms with Gasteiger partial charge in [-0.15, -0.1) is 0 Å². The molecule has 1 aliphatic heterocycles. The first kappa shape index (κ1) is 26.9. The summed E-state index contributed by atoms with van der Waals surface area (Å²) in [7, 11) is 0. The lowest BCUT2D eigenvalue weighted by Crippen LogP contribution is -2.40. The van der Waals surface area contributed by atoms with Crippen molar-refractivity contribution < 1.29 is 19.4 Å². The van der Waals surface area contributed by atoms with E-state index in [1.54, 1.807) is 24.5 Å². The average molecular weight is 730 g/mol. The van der Waals surface area contributed by atoms with Gasteiger partial charge in [-0.05, 0) is 103 Å². The Morgan fingerprint density at radius 3 is 2.56 bits per heavy atom. The Morgan fingerprint density at radius 2 is 1.92 bits per heavy atom. The van der Waals surface area contributed by atoms with Crippen LogP contribution in [0.1, 0.15) is 44.9 Å². The Balaban J connectivity index is 1.99. The van der Waals surface area contributed by atoms with Crippen molar-refractivity contribution in [2.75, 3.05) is 6.61 Å². The van der Waals surface area contributed by atoms with E-state index in [1.807, 2.05) is 50.2 Å². The highest BCUT2D eigenvalue weighted by atomic mass is 127. The van der Waals surface area contributed by atoms with Crippen LogP contribution in [0.15, 0.2) is 57.5 Å². The summed E-state index contributed by atoms with van der Waals surface area (Å²) < 4.78 is 14.8. The summed E-state index contributed by atoms with van der Waals surface area (Å²) in [4.78, 5) is 32.1. The number of hydrogen-bond donors (Lipinski definition) is 1. The number of phenols is 1. The Labute approximate surface area is 239 Å². The van der Waals surface area contributed by atoms with Crippen LogP contribution in [0.5, 0.6) is 11.5 Å². The van der Waals surface area contributed by atoms with Gasteiger partial charge in [0, 0.05) is 5.56 Å². The third-order valence-corrected chi connectivity index (χ3v) is 8.06. The molecule has 2 heterocycles. The zero-order chi connectivity index (χ0) is 26.1. The number of allylic oxidation sites excluding steroid dienone is 1. The van der Waals surface area contributed by atoms with Crippen molar-refractivity contribution in [1.29, 1.82) is 0 Å². The first-order chi connectivity index (χ1) is 17.1. The normalized spacial score (nSPS) is 15.6. The number of carbonyl (C=O) groups excluding carboxylic acids is 1. The van der Waals surface area contributed by atoms with E-state index in [9.17, 15) is 14.7 Å². The molecule has 10 heteroatoms. The monoisotopic (exact) mass is 730 g/mol. The summed E-state index contributed by atoms with van der Waals surface area (Å²) in [5, 5.41) is 10.1. The van der Waals surface area contributed by atoms with Gasteiger partial charge in [0.25, 0.3) is 5.56 Å². The van der Waals surface area contributed by atoms with Crippen molar-refractivity contribution in [3.63, 3.8) is 0 Å². The summed E-state index contributed by atoms with van der Waals surface area (Å²) in [5.41, 5.74) is 2.01. The maximum atomic E-state index is 13.8. The number of phenolic OH excluding ortho intramolecular Hbond substituents is 1. The SMILES string of the molecule is CCOC(=O)C1=C(C)N=c2s/c(=C/c3cc(I)c(O)c(I)c3)c(=O)n2[C@H]1c1ccccc1OC(C)C. The number of esters is 1. The third kappa shape index (κ3) is 5.25. The molecule has 188 valence electrons. The molecule has 0 aliphatic carbocycles. The molecule has 0 amide bonds. The fourth-order valence-electron chi connectivity index (χ4n) is 3.97. The van der Waals surface area contributed by atoms with Gasteiger partial charge >= 0.3 is 5.97 Å². The van der Waals surface area contributed by atoms with Crippen LogP contribution in [0, 0.1) is 7.14 Å². The Hall–Kier alpha value is -2.19. The lowest BCUT2D eigenvalue weighted by atomic mass is 9.95. The zero-order valence-electron chi connectivity index (χ0n) is 20.0. The third-order valence-electron chi connectivity index (χ3n) is 5.43. The van der Waals surface area contributed by atoms with Gasteiger partial charge < -0.3 is 14.6 Å². The number of aromatic hydroxyl groups is 1. The van der Waals surface area contributed by atoms with Gasteiger partial charge in [-0.3, -0.25) is 9.36 Å². The average Bonchev–Trinajstić information content (AvgIpc) is 3.11. The summed E-state index contributed by atoms with van der Waals surface area (Å²) in [6.45, 7) is 7.56. The number of thiazole rings is 1. The van der Waals surface area contributed by atoms with E-state index in [-0.39, 0.29) is 24.0 Å². The number of para-hydroxylation sites is 1. The second-order valence-corrected chi connectivity index (χ2v) is 11.7.